The molecule has 0 unspecified atom stereocenters. The van der Waals surface area contributed by atoms with E-state index in [4.69, 9.17) is 10.7 Å². The summed E-state index contributed by atoms with van der Waals surface area (Å²) in [6.07, 6.45) is 10.6. The van der Waals surface area contributed by atoms with Gasteiger partial charge in [-0.1, -0.05) is 6.92 Å². The van der Waals surface area contributed by atoms with Gasteiger partial charge >= 0.3 is 0 Å². The van der Waals surface area contributed by atoms with Crippen molar-refractivity contribution in [3.8, 4) is 0 Å². The fraction of sp³-hybridized carbons (Fsp3) is 0.444. The zero-order valence-electron chi connectivity index (χ0n) is 12.9. The minimum Gasteiger partial charge on any atom is -0.401 e. The number of nitrogens with two attached hydrogens (primary N) is 1. The second-order valence-electron chi connectivity index (χ2n) is 6.79. The van der Waals surface area contributed by atoms with Gasteiger partial charge in [0, 0.05) is 40.8 Å². The summed E-state index contributed by atoms with van der Waals surface area (Å²) in [5, 5.41) is 1.12. The number of hydrogen-bond donors (Lipinski definition) is 2. The van der Waals surface area contributed by atoms with Crippen LogP contribution < -0.4 is 5.73 Å². The average molecular weight is 294 g/mol. The van der Waals surface area contributed by atoms with E-state index in [1.807, 2.05) is 24.7 Å². The fourth-order valence-corrected chi connectivity index (χ4v) is 3.16. The quantitative estimate of drug-likeness (QED) is 0.847. The number of aromatic nitrogens is 2. The molecule has 22 heavy (non-hydrogen) atoms. The van der Waals surface area contributed by atoms with Gasteiger partial charge in [-0.3, -0.25) is 9.98 Å². The van der Waals surface area contributed by atoms with E-state index in [2.05, 4.69) is 23.0 Å². The second-order valence-corrected chi connectivity index (χ2v) is 6.79. The maximum Gasteiger partial charge on any atom is 0.0755 e. The summed E-state index contributed by atoms with van der Waals surface area (Å²) in [6, 6.07) is 4.57. The lowest BCUT2D eigenvalue weighted by Crippen LogP contribution is -2.24. The van der Waals surface area contributed by atoms with E-state index in [1.54, 1.807) is 0 Å². The van der Waals surface area contributed by atoms with Crippen molar-refractivity contribution in [1.29, 1.82) is 0 Å². The lowest BCUT2D eigenvalue weighted by Gasteiger charge is -2.29. The maximum absolute atomic E-state index is 6.39. The predicted molar refractivity (Wildman–Crippen MR) is 90.6 cm³/mol. The first kappa shape index (κ1) is 13.6. The molecule has 2 heterocycles. The number of rotatable bonds is 4. The van der Waals surface area contributed by atoms with Gasteiger partial charge in [-0.05, 0) is 49.7 Å². The van der Waals surface area contributed by atoms with E-state index in [1.165, 1.54) is 25.7 Å². The molecule has 0 aliphatic heterocycles. The molecule has 4 rings (SSSR count). The van der Waals surface area contributed by atoms with Crippen molar-refractivity contribution in [2.24, 2.45) is 22.6 Å². The Morgan fingerprint density at radius 2 is 2.23 bits per heavy atom. The number of nitrogens with one attached hydrogen (secondary N) is 1. The number of fused-ring (bicyclic) bond motifs is 1. The highest BCUT2D eigenvalue weighted by Gasteiger charge is 2.28. The van der Waals surface area contributed by atoms with Gasteiger partial charge < -0.3 is 10.7 Å². The Labute approximate surface area is 130 Å². The van der Waals surface area contributed by atoms with E-state index < -0.39 is 0 Å². The Hall–Kier alpha value is -2.10. The molecule has 4 heteroatoms. The summed E-state index contributed by atoms with van der Waals surface area (Å²) in [4.78, 5) is 12.6. The van der Waals surface area contributed by atoms with E-state index in [-0.39, 0.29) is 0 Å². The Morgan fingerprint density at radius 3 is 2.95 bits per heavy atom. The van der Waals surface area contributed by atoms with Crippen molar-refractivity contribution in [2.45, 2.75) is 38.6 Å². The summed E-state index contributed by atoms with van der Waals surface area (Å²) >= 11 is 0. The molecule has 2 aliphatic rings. The van der Waals surface area contributed by atoms with Crippen LogP contribution in [0.3, 0.4) is 0 Å². The summed E-state index contributed by atoms with van der Waals surface area (Å²) in [5.41, 5.74) is 10.4. The van der Waals surface area contributed by atoms with Crippen molar-refractivity contribution in [1.82, 2.24) is 9.97 Å². The Morgan fingerprint density at radius 1 is 1.41 bits per heavy atom. The van der Waals surface area contributed by atoms with E-state index in [0.29, 0.717) is 12.0 Å². The van der Waals surface area contributed by atoms with Gasteiger partial charge in [-0.2, -0.15) is 0 Å². The van der Waals surface area contributed by atoms with Crippen LogP contribution in [0.1, 0.15) is 38.3 Å². The Bertz CT molecular complexity index is 745. The van der Waals surface area contributed by atoms with Crippen LogP contribution in [0.5, 0.6) is 0 Å². The number of hydrogen-bond acceptors (Lipinski definition) is 3. The fourth-order valence-electron chi connectivity index (χ4n) is 3.16. The Kier molecular flexibility index (Phi) is 3.25. The molecule has 0 spiro atoms. The summed E-state index contributed by atoms with van der Waals surface area (Å²) in [6.45, 7) is 2.28. The minimum absolute atomic E-state index is 0.464. The first-order valence-electron chi connectivity index (χ1n) is 8.17. The highest BCUT2D eigenvalue weighted by Crippen LogP contribution is 2.37. The van der Waals surface area contributed by atoms with Crippen molar-refractivity contribution in [2.75, 3.05) is 0 Å². The molecule has 0 radical (unpaired) electrons. The van der Waals surface area contributed by atoms with Crippen LogP contribution in [-0.4, -0.2) is 22.2 Å². The number of nitrogens with zero attached hydrogens (tertiary/aromatic N) is 2. The third kappa shape index (κ3) is 2.54. The molecule has 2 fully saturated rings. The molecule has 0 saturated heterocycles. The van der Waals surface area contributed by atoms with Crippen LogP contribution in [-0.2, 0) is 0 Å². The van der Waals surface area contributed by atoms with Gasteiger partial charge in [-0.15, -0.1) is 0 Å². The molecule has 0 bridgehead atoms. The topological polar surface area (TPSA) is 67.1 Å². The smallest absolute Gasteiger partial charge is 0.0755 e. The predicted octanol–water partition coefficient (Wildman–Crippen LogP) is 3.51. The standard InChI is InChI=1S/C18H22N4/c1-11-6-14(7-11)21-10-15(18(19)12-2-3-12)17-8-16-13(9-22-17)4-5-20-16/h4-5,8-12,14,20H,2-3,6-7,19H2,1H3. The van der Waals surface area contributed by atoms with Crippen LogP contribution in [0.2, 0.25) is 0 Å². The van der Waals surface area contributed by atoms with E-state index in [0.717, 1.165) is 33.8 Å². The van der Waals surface area contributed by atoms with Crippen molar-refractivity contribution in [3.05, 3.63) is 35.9 Å². The van der Waals surface area contributed by atoms with Crippen molar-refractivity contribution in [3.63, 3.8) is 0 Å². The first-order chi connectivity index (χ1) is 10.7. The van der Waals surface area contributed by atoms with Crippen LogP contribution in [0.25, 0.3) is 16.5 Å². The molecule has 0 amide bonds. The van der Waals surface area contributed by atoms with Gasteiger partial charge in [0.15, 0.2) is 0 Å². The van der Waals surface area contributed by atoms with Gasteiger partial charge in [0.25, 0.3) is 0 Å². The zero-order valence-corrected chi connectivity index (χ0v) is 12.9. The molecule has 0 aromatic carbocycles. The molecule has 2 aromatic rings. The maximum atomic E-state index is 6.39. The molecule has 2 aliphatic carbocycles. The average Bonchev–Trinajstić information content (AvgIpc) is 3.23. The van der Waals surface area contributed by atoms with Crippen LogP contribution >= 0.6 is 0 Å². The molecule has 114 valence electrons. The first-order valence-corrected chi connectivity index (χ1v) is 8.17. The second kappa shape index (κ2) is 5.27. The molecule has 2 aromatic heterocycles. The number of aromatic amines is 1. The molecule has 4 nitrogen and oxygen atoms in total. The molecule has 2 saturated carbocycles. The van der Waals surface area contributed by atoms with Crippen LogP contribution in [0, 0.1) is 11.8 Å². The lowest BCUT2D eigenvalue weighted by molar-refractivity contribution is 0.293. The normalized spacial score (nSPS) is 26.2. The van der Waals surface area contributed by atoms with Gasteiger partial charge in [-0.25, -0.2) is 0 Å². The summed E-state index contributed by atoms with van der Waals surface area (Å²) < 4.78 is 0. The van der Waals surface area contributed by atoms with Gasteiger partial charge in [0.1, 0.15) is 0 Å². The Balaban J connectivity index is 1.68. The third-order valence-electron chi connectivity index (χ3n) is 4.80. The monoisotopic (exact) mass is 294 g/mol. The van der Waals surface area contributed by atoms with Gasteiger partial charge in [0.05, 0.1) is 11.7 Å². The molecule has 3 N–H and O–H groups in total. The summed E-state index contributed by atoms with van der Waals surface area (Å²) in [5.74, 6) is 1.33. The van der Waals surface area contributed by atoms with E-state index in [9.17, 15) is 0 Å². The molecular formula is C18H22N4. The minimum atomic E-state index is 0.464. The highest BCUT2D eigenvalue weighted by atomic mass is 14.8. The van der Waals surface area contributed by atoms with Crippen LogP contribution in [0.15, 0.2) is 35.2 Å². The van der Waals surface area contributed by atoms with E-state index >= 15 is 0 Å². The number of H-pyrrole nitrogens is 1. The number of allylic oxidation sites excluding steroid dienone is 2. The van der Waals surface area contributed by atoms with Crippen molar-refractivity contribution >= 4 is 22.7 Å². The SMILES string of the molecule is CC1CC(N=CC(=C(N)C2CC2)c2cc3[nH]ccc3cn2)C1. The molecule has 0 atom stereocenters. The number of pyridine rings is 1. The number of aliphatic imine (C=N–C) groups is 1. The van der Waals surface area contributed by atoms with Crippen molar-refractivity contribution < 1.29 is 0 Å². The zero-order chi connectivity index (χ0) is 15.1. The van der Waals surface area contributed by atoms with Gasteiger partial charge in [0.2, 0.25) is 0 Å². The molecular weight excluding hydrogens is 272 g/mol. The highest BCUT2D eigenvalue weighted by molar-refractivity contribution is 6.11. The third-order valence-corrected chi connectivity index (χ3v) is 4.80. The summed E-state index contributed by atoms with van der Waals surface area (Å²) in [7, 11) is 0. The largest absolute Gasteiger partial charge is 0.401 e. The lowest BCUT2D eigenvalue weighted by atomic mass is 9.82. The van der Waals surface area contributed by atoms with Crippen LogP contribution in [0.4, 0.5) is 0 Å².